The summed E-state index contributed by atoms with van der Waals surface area (Å²) in [4.78, 5) is 0. The van der Waals surface area contributed by atoms with Crippen LogP contribution in [0.1, 0.15) is 56.0 Å². The summed E-state index contributed by atoms with van der Waals surface area (Å²) in [5.74, 6) is 0.549. The Morgan fingerprint density at radius 3 is 2.89 bits per heavy atom. The standard InChI is InChI=1S/C13H20N4O/c1-10(7-9-18-2)17-13(11-4-3-5-11)12(6-8-14)15-16-17/h10-11H,3-7,9H2,1-2H3. The first-order valence-corrected chi connectivity index (χ1v) is 6.57. The maximum Gasteiger partial charge on any atom is 0.100 e. The molecule has 98 valence electrons. The Bertz CT molecular complexity index is 431. The molecule has 1 unspecified atom stereocenters. The van der Waals surface area contributed by atoms with Crippen molar-refractivity contribution in [2.24, 2.45) is 0 Å². The molecule has 0 aliphatic heterocycles. The van der Waals surface area contributed by atoms with Crippen LogP contribution in [0.5, 0.6) is 0 Å². The largest absolute Gasteiger partial charge is 0.385 e. The summed E-state index contributed by atoms with van der Waals surface area (Å²) in [6.07, 6.45) is 4.95. The quantitative estimate of drug-likeness (QED) is 0.774. The fourth-order valence-corrected chi connectivity index (χ4v) is 2.38. The summed E-state index contributed by atoms with van der Waals surface area (Å²) < 4.78 is 7.12. The molecule has 1 saturated carbocycles. The van der Waals surface area contributed by atoms with Gasteiger partial charge in [0.05, 0.1) is 24.2 Å². The van der Waals surface area contributed by atoms with E-state index in [0.29, 0.717) is 12.3 Å². The second kappa shape index (κ2) is 5.96. The van der Waals surface area contributed by atoms with E-state index in [9.17, 15) is 0 Å². The zero-order valence-electron chi connectivity index (χ0n) is 11.1. The lowest BCUT2D eigenvalue weighted by atomic mass is 9.81. The minimum Gasteiger partial charge on any atom is -0.385 e. The summed E-state index contributed by atoms with van der Waals surface area (Å²) in [6.45, 7) is 2.85. The maximum atomic E-state index is 8.86. The Kier molecular flexibility index (Phi) is 4.32. The van der Waals surface area contributed by atoms with Gasteiger partial charge >= 0.3 is 0 Å². The van der Waals surface area contributed by atoms with Crippen LogP contribution in [-0.2, 0) is 11.2 Å². The molecule has 0 N–H and O–H groups in total. The highest BCUT2D eigenvalue weighted by molar-refractivity contribution is 5.21. The second-order valence-corrected chi connectivity index (χ2v) is 4.96. The van der Waals surface area contributed by atoms with Gasteiger partial charge in [0.1, 0.15) is 5.69 Å². The molecule has 0 saturated heterocycles. The first kappa shape index (κ1) is 13.0. The summed E-state index contributed by atoms with van der Waals surface area (Å²) in [5.41, 5.74) is 2.05. The summed E-state index contributed by atoms with van der Waals surface area (Å²) in [7, 11) is 1.71. The zero-order chi connectivity index (χ0) is 13.0. The Morgan fingerprint density at radius 1 is 1.56 bits per heavy atom. The average molecular weight is 248 g/mol. The zero-order valence-corrected chi connectivity index (χ0v) is 11.1. The van der Waals surface area contributed by atoms with Crippen molar-refractivity contribution in [3.05, 3.63) is 11.4 Å². The number of hydrogen-bond acceptors (Lipinski definition) is 4. The molecule has 0 radical (unpaired) electrons. The lowest BCUT2D eigenvalue weighted by molar-refractivity contribution is 0.176. The van der Waals surface area contributed by atoms with Crippen LogP contribution in [0, 0.1) is 11.3 Å². The molecule has 1 aromatic heterocycles. The van der Waals surface area contributed by atoms with Crippen LogP contribution in [0.2, 0.25) is 0 Å². The number of ether oxygens (including phenoxy) is 1. The van der Waals surface area contributed by atoms with Crippen LogP contribution in [-0.4, -0.2) is 28.7 Å². The van der Waals surface area contributed by atoms with Crippen LogP contribution < -0.4 is 0 Å². The van der Waals surface area contributed by atoms with Crippen LogP contribution in [0.3, 0.4) is 0 Å². The van der Waals surface area contributed by atoms with Crippen molar-refractivity contribution in [1.82, 2.24) is 15.0 Å². The van der Waals surface area contributed by atoms with Crippen LogP contribution >= 0.6 is 0 Å². The van der Waals surface area contributed by atoms with Crippen molar-refractivity contribution >= 4 is 0 Å². The van der Waals surface area contributed by atoms with E-state index in [-0.39, 0.29) is 6.04 Å². The number of methoxy groups -OCH3 is 1. The minimum absolute atomic E-state index is 0.278. The second-order valence-electron chi connectivity index (χ2n) is 4.96. The Labute approximate surface area is 108 Å². The van der Waals surface area contributed by atoms with Gasteiger partial charge in [0, 0.05) is 19.6 Å². The topological polar surface area (TPSA) is 63.7 Å². The SMILES string of the molecule is COCCC(C)n1nnc(CC#N)c1C1CCC1. The van der Waals surface area contributed by atoms with Crippen LogP contribution in [0.4, 0.5) is 0 Å². The number of nitrogens with zero attached hydrogens (tertiary/aromatic N) is 4. The van der Waals surface area contributed by atoms with Gasteiger partial charge in [-0.2, -0.15) is 5.26 Å². The Morgan fingerprint density at radius 2 is 2.33 bits per heavy atom. The molecule has 2 rings (SSSR count). The molecule has 1 atom stereocenters. The number of nitriles is 1. The number of hydrogen-bond donors (Lipinski definition) is 0. The van der Waals surface area contributed by atoms with Gasteiger partial charge in [0.15, 0.2) is 0 Å². The lowest BCUT2D eigenvalue weighted by Crippen LogP contribution is -2.20. The first-order chi connectivity index (χ1) is 8.77. The first-order valence-electron chi connectivity index (χ1n) is 6.57. The Hall–Kier alpha value is -1.41. The van der Waals surface area contributed by atoms with Gasteiger partial charge in [0.25, 0.3) is 0 Å². The highest BCUT2D eigenvalue weighted by atomic mass is 16.5. The molecule has 1 aromatic rings. The fraction of sp³-hybridized carbons (Fsp3) is 0.769. The van der Waals surface area contributed by atoms with Gasteiger partial charge in [0.2, 0.25) is 0 Å². The molecule has 1 aliphatic rings. The van der Waals surface area contributed by atoms with Gasteiger partial charge in [-0.15, -0.1) is 5.10 Å². The highest BCUT2D eigenvalue weighted by Crippen LogP contribution is 2.38. The number of aromatic nitrogens is 3. The third-order valence-electron chi connectivity index (χ3n) is 3.70. The smallest absolute Gasteiger partial charge is 0.100 e. The Balaban J connectivity index is 2.20. The van der Waals surface area contributed by atoms with E-state index in [1.165, 1.54) is 25.0 Å². The molecule has 5 nitrogen and oxygen atoms in total. The van der Waals surface area contributed by atoms with Gasteiger partial charge in [-0.1, -0.05) is 11.6 Å². The van der Waals surface area contributed by atoms with E-state index < -0.39 is 0 Å². The third kappa shape index (κ3) is 2.54. The monoisotopic (exact) mass is 248 g/mol. The summed E-state index contributed by atoms with van der Waals surface area (Å²) >= 11 is 0. The molecule has 5 heteroatoms. The molecule has 0 amide bonds. The molecule has 0 aromatic carbocycles. The highest BCUT2D eigenvalue weighted by Gasteiger charge is 2.28. The van der Waals surface area contributed by atoms with Gasteiger partial charge in [-0.05, 0) is 26.2 Å². The third-order valence-corrected chi connectivity index (χ3v) is 3.70. The molecule has 18 heavy (non-hydrogen) atoms. The van der Waals surface area contributed by atoms with Crippen molar-refractivity contribution in [3.8, 4) is 6.07 Å². The van der Waals surface area contributed by atoms with E-state index in [0.717, 1.165) is 18.7 Å². The van der Waals surface area contributed by atoms with Crippen molar-refractivity contribution in [3.63, 3.8) is 0 Å². The molecular weight excluding hydrogens is 228 g/mol. The van der Waals surface area contributed by atoms with E-state index >= 15 is 0 Å². The van der Waals surface area contributed by atoms with E-state index in [2.05, 4.69) is 23.3 Å². The number of rotatable bonds is 6. The summed E-state index contributed by atoms with van der Waals surface area (Å²) in [6, 6.07) is 2.46. The lowest BCUT2D eigenvalue weighted by Gasteiger charge is -2.28. The van der Waals surface area contributed by atoms with Gasteiger partial charge in [-0.3, -0.25) is 0 Å². The molecule has 0 bridgehead atoms. The van der Waals surface area contributed by atoms with Crippen molar-refractivity contribution in [2.45, 2.75) is 51.0 Å². The van der Waals surface area contributed by atoms with Gasteiger partial charge < -0.3 is 4.74 Å². The average Bonchev–Trinajstić information content (AvgIpc) is 2.69. The van der Waals surface area contributed by atoms with Crippen molar-refractivity contribution in [2.75, 3.05) is 13.7 Å². The molecular formula is C13H20N4O. The molecule has 1 fully saturated rings. The molecule has 1 aliphatic carbocycles. The predicted octanol–water partition coefficient (Wildman–Crippen LogP) is 2.21. The predicted molar refractivity (Wildman–Crippen MR) is 67.1 cm³/mol. The normalized spacial score (nSPS) is 17.2. The van der Waals surface area contributed by atoms with Crippen LogP contribution in [0.25, 0.3) is 0 Å². The van der Waals surface area contributed by atoms with Crippen LogP contribution in [0.15, 0.2) is 0 Å². The van der Waals surface area contributed by atoms with Gasteiger partial charge in [-0.25, -0.2) is 4.68 Å². The molecule has 0 spiro atoms. The van der Waals surface area contributed by atoms with Crippen molar-refractivity contribution in [1.29, 1.82) is 5.26 Å². The summed E-state index contributed by atoms with van der Waals surface area (Å²) in [5, 5.41) is 17.3. The maximum absolute atomic E-state index is 8.86. The van der Waals surface area contributed by atoms with E-state index in [4.69, 9.17) is 10.00 Å². The molecule has 1 heterocycles. The van der Waals surface area contributed by atoms with E-state index in [1.54, 1.807) is 7.11 Å². The van der Waals surface area contributed by atoms with Crippen molar-refractivity contribution < 1.29 is 4.74 Å². The van der Waals surface area contributed by atoms with E-state index in [1.807, 2.05) is 4.68 Å². The fourth-order valence-electron chi connectivity index (χ4n) is 2.38. The minimum atomic E-state index is 0.278.